The van der Waals surface area contributed by atoms with E-state index in [4.69, 9.17) is 5.73 Å². The van der Waals surface area contributed by atoms with Crippen molar-refractivity contribution in [1.29, 1.82) is 0 Å². The van der Waals surface area contributed by atoms with Crippen molar-refractivity contribution in [2.45, 2.75) is 26.8 Å². The topological polar surface area (TPSA) is 55.1 Å². The quantitative estimate of drug-likeness (QED) is 0.894. The number of primary amides is 1. The normalized spacial score (nSPS) is 11.9. The average Bonchev–Trinajstić information content (AvgIpc) is 2.39. The zero-order valence-electron chi connectivity index (χ0n) is 12.1. The predicted octanol–water partition coefficient (Wildman–Crippen LogP) is 3.25. The molecule has 0 aliphatic rings. The first kappa shape index (κ1) is 14.1. The van der Waals surface area contributed by atoms with Gasteiger partial charge in [0.25, 0.3) is 0 Å². The summed E-state index contributed by atoms with van der Waals surface area (Å²) in [5.41, 5.74) is 10.7. The van der Waals surface area contributed by atoms with Crippen LogP contribution in [-0.4, -0.2) is 5.91 Å². The summed E-state index contributed by atoms with van der Waals surface area (Å²) in [4.78, 5) is 11.9. The number of hydrogen-bond donors (Lipinski definition) is 2. The monoisotopic (exact) mass is 268 g/mol. The predicted molar refractivity (Wildman–Crippen MR) is 82.7 cm³/mol. The number of aryl methyl sites for hydroxylation is 3. The second-order valence-corrected chi connectivity index (χ2v) is 5.10. The van der Waals surface area contributed by atoms with Crippen molar-refractivity contribution in [3.63, 3.8) is 0 Å². The molecule has 1 atom stereocenters. The summed E-state index contributed by atoms with van der Waals surface area (Å²) in [7, 11) is 0. The fourth-order valence-corrected chi connectivity index (χ4v) is 2.46. The van der Waals surface area contributed by atoms with Crippen molar-refractivity contribution in [2.24, 2.45) is 5.73 Å². The highest BCUT2D eigenvalue weighted by molar-refractivity contribution is 5.85. The van der Waals surface area contributed by atoms with Gasteiger partial charge >= 0.3 is 0 Å². The highest BCUT2D eigenvalue weighted by Crippen LogP contribution is 2.26. The number of nitrogens with one attached hydrogen (secondary N) is 1. The second-order valence-electron chi connectivity index (χ2n) is 5.10. The molecule has 104 valence electrons. The smallest absolute Gasteiger partial charge is 0.244 e. The van der Waals surface area contributed by atoms with Gasteiger partial charge in [0, 0.05) is 5.69 Å². The second kappa shape index (κ2) is 5.78. The lowest BCUT2D eigenvalue weighted by Gasteiger charge is -2.22. The van der Waals surface area contributed by atoms with Crippen LogP contribution in [0.1, 0.15) is 28.3 Å². The van der Waals surface area contributed by atoms with Gasteiger partial charge in [-0.1, -0.05) is 36.4 Å². The zero-order valence-corrected chi connectivity index (χ0v) is 12.1. The zero-order chi connectivity index (χ0) is 14.7. The lowest BCUT2D eigenvalue weighted by atomic mass is 9.95. The molecular formula is C17H20N2O. The number of amides is 1. The number of carbonyl (C=O) groups excluding carboxylic acids is 1. The molecule has 0 aromatic heterocycles. The molecule has 0 radical (unpaired) electrons. The summed E-state index contributed by atoms with van der Waals surface area (Å²) in [6, 6.07) is 13.3. The van der Waals surface area contributed by atoms with Gasteiger partial charge in [0.05, 0.1) is 0 Å². The third-order valence-corrected chi connectivity index (χ3v) is 3.56. The minimum absolute atomic E-state index is 0.370. The molecule has 0 aliphatic heterocycles. The first-order chi connectivity index (χ1) is 9.50. The minimum Gasteiger partial charge on any atom is -0.370 e. The third kappa shape index (κ3) is 2.82. The first-order valence-corrected chi connectivity index (χ1v) is 6.68. The molecule has 20 heavy (non-hydrogen) atoms. The maximum atomic E-state index is 11.9. The van der Waals surface area contributed by atoms with Crippen LogP contribution in [0.15, 0.2) is 42.5 Å². The van der Waals surface area contributed by atoms with Crippen LogP contribution >= 0.6 is 0 Å². The summed E-state index contributed by atoms with van der Waals surface area (Å²) in [6.07, 6.45) is 0. The van der Waals surface area contributed by atoms with E-state index in [2.05, 4.69) is 5.32 Å². The average molecular weight is 268 g/mol. The number of nitrogens with two attached hydrogens (primary N) is 1. The molecule has 0 spiro atoms. The van der Waals surface area contributed by atoms with Gasteiger partial charge in [-0.25, -0.2) is 0 Å². The molecule has 0 heterocycles. The minimum atomic E-state index is -0.516. The molecular weight excluding hydrogens is 248 g/mol. The van der Waals surface area contributed by atoms with E-state index in [-0.39, 0.29) is 5.91 Å². The molecule has 2 aromatic rings. The molecule has 1 amide bonds. The van der Waals surface area contributed by atoms with Crippen molar-refractivity contribution in [3.8, 4) is 0 Å². The number of anilines is 1. The largest absolute Gasteiger partial charge is 0.370 e. The lowest BCUT2D eigenvalue weighted by Crippen LogP contribution is -2.29. The molecule has 0 fully saturated rings. The number of hydrogen-bond acceptors (Lipinski definition) is 2. The van der Waals surface area contributed by atoms with Crippen molar-refractivity contribution in [2.75, 3.05) is 5.32 Å². The third-order valence-electron chi connectivity index (χ3n) is 3.56. The summed E-state index contributed by atoms with van der Waals surface area (Å²) in [6.45, 7) is 6.00. The first-order valence-electron chi connectivity index (χ1n) is 6.68. The van der Waals surface area contributed by atoms with E-state index in [0.717, 1.165) is 27.9 Å². The van der Waals surface area contributed by atoms with Gasteiger partial charge in [-0.05, 0) is 49.1 Å². The Hall–Kier alpha value is -2.29. The van der Waals surface area contributed by atoms with E-state index in [9.17, 15) is 4.79 Å². The number of carbonyl (C=O) groups is 1. The van der Waals surface area contributed by atoms with Gasteiger partial charge in [0.15, 0.2) is 0 Å². The van der Waals surface area contributed by atoms with Gasteiger partial charge in [-0.3, -0.25) is 4.79 Å². The summed E-state index contributed by atoms with van der Waals surface area (Å²) in [5, 5.41) is 3.27. The Balaban J connectivity index is 2.43. The molecule has 0 bridgehead atoms. The molecule has 3 N–H and O–H groups in total. The van der Waals surface area contributed by atoms with Gasteiger partial charge in [-0.15, -0.1) is 0 Å². The Bertz CT molecular complexity index is 614. The maximum absolute atomic E-state index is 11.9. The van der Waals surface area contributed by atoms with Crippen LogP contribution in [0.2, 0.25) is 0 Å². The molecule has 0 aliphatic carbocycles. The van der Waals surface area contributed by atoms with Crippen molar-refractivity contribution in [3.05, 3.63) is 64.7 Å². The number of para-hydroxylation sites is 1. The number of rotatable bonds is 4. The molecule has 2 aromatic carbocycles. The molecule has 0 saturated heterocycles. The highest BCUT2D eigenvalue weighted by atomic mass is 16.1. The van der Waals surface area contributed by atoms with Gasteiger partial charge in [0.2, 0.25) is 5.91 Å². The van der Waals surface area contributed by atoms with Gasteiger partial charge < -0.3 is 11.1 Å². The van der Waals surface area contributed by atoms with E-state index in [1.807, 2.05) is 63.2 Å². The standard InChI is InChI=1S/C17H20N2O/c1-11-7-4-5-10-14(11)19-16(17(18)20)15-12(2)8-6-9-13(15)3/h4-10,16,19H,1-3H3,(H2,18,20). The van der Waals surface area contributed by atoms with E-state index < -0.39 is 6.04 Å². The Morgan fingerprint density at radius 2 is 1.50 bits per heavy atom. The van der Waals surface area contributed by atoms with Crippen LogP contribution in [0.3, 0.4) is 0 Å². The van der Waals surface area contributed by atoms with E-state index in [0.29, 0.717) is 0 Å². The summed E-state index contributed by atoms with van der Waals surface area (Å²) >= 11 is 0. The molecule has 0 saturated carbocycles. The van der Waals surface area contributed by atoms with E-state index in [1.165, 1.54) is 0 Å². The Labute approximate surface area is 119 Å². The fourth-order valence-electron chi connectivity index (χ4n) is 2.46. The highest BCUT2D eigenvalue weighted by Gasteiger charge is 2.21. The Morgan fingerprint density at radius 1 is 0.950 bits per heavy atom. The van der Waals surface area contributed by atoms with Crippen LogP contribution in [0, 0.1) is 20.8 Å². The van der Waals surface area contributed by atoms with Crippen LogP contribution in [0.5, 0.6) is 0 Å². The van der Waals surface area contributed by atoms with Gasteiger partial charge in [0.1, 0.15) is 6.04 Å². The fraction of sp³-hybridized carbons (Fsp3) is 0.235. The Kier molecular flexibility index (Phi) is 4.08. The molecule has 3 nitrogen and oxygen atoms in total. The summed E-state index contributed by atoms with van der Waals surface area (Å²) < 4.78 is 0. The van der Waals surface area contributed by atoms with Gasteiger partial charge in [-0.2, -0.15) is 0 Å². The van der Waals surface area contributed by atoms with Crippen LogP contribution in [0.4, 0.5) is 5.69 Å². The van der Waals surface area contributed by atoms with Crippen molar-refractivity contribution >= 4 is 11.6 Å². The maximum Gasteiger partial charge on any atom is 0.244 e. The Morgan fingerprint density at radius 3 is 2.05 bits per heavy atom. The van der Waals surface area contributed by atoms with Crippen molar-refractivity contribution < 1.29 is 4.79 Å². The van der Waals surface area contributed by atoms with Crippen molar-refractivity contribution in [1.82, 2.24) is 0 Å². The van der Waals surface area contributed by atoms with Crippen LogP contribution in [0.25, 0.3) is 0 Å². The molecule has 3 heteroatoms. The SMILES string of the molecule is Cc1ccccc1NC(C(N)=O)c1c(C)cccc1C. The van der Waals surface area contributed by atoms with E-state index in [1.54, 1.807) is 0 Å². The lowest BCUT2D eigenvalue weighted by molar-refractivity contribution is -0.118. The number of benzene rings is 2. The summed E-state index contributed by atoms with van der Waals surface area (Å²) in [5.74, 6) is -0.370. The van der Waals surface area contributed by atoms with Crippen LogP contribution in [-0.2, 0) is 4.79 Å². The van der Waals surface area contributed by atoms with Crippen LogP contribution < -0.4 is 11.1 Å². The molecule has 1 unspecified atom stereocenters. The molecule has 2 rings (SSSR count). The van der Waals surface area contributed by atoms with E-state index >= 15 is 0 Å².